The highest BCUT2D eigenvalue weighted by Gasteiger charge is 2.58. The van der Waals surface area contributed by atoms with Crippen LogP contribution in [0.5, 0.6) is 0 Å². The van der Waals surface area contributed by atoms with Gasteiger partial charge in [-0.05, 0) is 50.6 Å². The predicted octanol–water partition coefficient (Wildman–Crippen LogP) is 1.56. The number of piperidine rings is 2. The molecule has 3 aliphatic rings. The maximum Gasteiger partial charge on any atom is 0.226 e. The standard InChI is InChI=1S/C17H29N3O2.ClH/c1-12(2)15(21)19-13-4-3-9-20(11-13)16(22)14-10-17(14)5-7-18-8-6-17;/h12-14,18H,3-11H2,1-2H3,(H,19,21);1H. The van der Waals surface area contributed by atoms with Crippen LogP contribution in [0.1, 0.15) is 46.0 Å². The third kappa shape index (κ3) is 4.00. The number of carbonyl (C=O) groups excluding carboxylic acids is 2. The molecule has 1 spiro atoms. The van der Waals surface area contributed by atoms with Gasteiger partial charge in [0.2, 0.25) is 11.8 Å². The summed E-state index contributed by atoms with van der Waals surface area (Å²) in [5.41, 5.74) is 0.302. The van der Waals surface area contributed by atoms with Crippen molar-refractivity contribution in [1.29, 1.82) is 0 Å². The first-order valence-corrected chi connectivity index (χ1v) is 8.82. The van der Waals surface area contributed by atoms with E-state index in [1.807, 2.05) is 18.7 Å². The summed E-state index contributed by atoms with van der Waals surface area (Å²) in [7, 11) is 0. The minimum absolute atomic E-state index is 0. The van der Waals surface area contributed by atoms with Gasteiger partial charge in [-0.3, -0.25) is 9.59 Å². The fourth-order valence-electron chi connectivity index (χ4n) is 4.06. The van der Waals surface area contributed by atoms with Crippen LogP contribution in [0.25, 0.3) is 0 Å². The second kappa shape index (κ2) is 7.39. The van der Waals surface area contributed by atoms with E-state index in [-0.39, 0.29) is 36.2 Å². The quantitative estimate of drug-likeness (QED) is 0.817. The highest BCUT2D eigenvalue weighted by molar-refractivity contribution is 5.85. The van der Waals surface area contributed by atoms with E-state index in [0.717, 1.165) is 51.7 Å². The summed E-state index contributed by atoms with van der Waals surface area (Å²) < 4.78 is 0. The van der Waals surface area contributed by atoms with Crippen molar-refractivity contribution >= 4 is 24.2 Å². The number of likely N-dealkylation sites (tertiary alicyclic amines) is 1. The molecule has 0 aromatic carbocycles. The van der Waals surface area contributed by atoms with E-state index in [2.05, 4.69) is 10.6 Å². The zero-order valence-electron chi connectivity index (χ0n) is 14.3. The van der Waals surface area contributed by atoms with Gasteiger partial charge in [-0.25, -0.2) is 0 Å². The molecule has 2 amide bonds. The van der Waals surface area contributed by atoms with Crippen LogP contribution in [-0.2, 0) is 9.59 Å². The fraction of sp³-hybridized carbons (Fsp3) is 0.882. The Hall–Kier alpha value is -0.810. The zero-order valence-corrected chi connectivity index (χ0v) is 15.1. The molecule has 2 saturated heterocycles. The lowest BCUT2D eigenvalue weighted by atomic mass is 9.91. The van der Waals surface area contributed by atoms with Crippen molar-refractivity contribution in [2.24, 2.45) is 17.3 Å². The molecule has 3 fully saturated rings. The summed E-state index contributed by atoms with van der Waals surface area (Å²) in [6, 6.07) is 0.135. The highest BCUT2D eigenvalue weighted by Crippen LogP contribution is 2.59. The van der Waals surface area contributed by atoms with Gasteiger partial charge in [-0.15, -0.1) is 12.4 Å². The topological polar surface area (TPSA) is 61.4 Å². The van der Waals surface area contributed by atoms with Gasteiger partial charge in [-0.1, -0.05) is 13.8 Å². The van der Waals surface area contributed by atoms with Gasteiger partial charge in [0, 0.05) is 31.0 Å². The average molecular weight is 344 g/mol. The van der Waals surface area contributed by atoms with Gasteiger partial charge in [-0.2, -0.15) is 0 Å². The van der Waals surface area contributed by atoms with Crippen LogP contribution >= 0.6 is 12.4 Å². The molecule has 0 aromatic rings. The molecule has 3 rings (SSSR count). The third-order valence-corrected chi connectivity index (χ3v) is 5.69. The summed E-state index contributed by atoms with van der Waals surface area (Å²) in [6.07, 6.45) is 5.35. The predicted molar refractivity (Wildman–Crippen MR) is 92.5 cm³/mol. The molecule has 23 heavy (non-hydrogen) atoms. The molecule has 2 heterocycles. The number of halogens is 1. The van der Waals surface area contributed by atoms with E-state index in [1.54, 1.807) is 0 Å². The highest BCUT2D eigenvalue weighted by atomic mass is 35.5. The van der Waals surface area contributed by atoms with Crippen LogP contribution in [0.3, 0.4) is 0 Å². The molecule has 6 heteroatoms. The van der Waals surface area contributed by atoms with Crippen LogP contribution in [0.4, 0.5) is 0 Å². The smallest absolute Gasteiger partial charge is 0.226 e. The molecule has 2 unspecified atom stereocenters. The Bertz CT molecular complexity index is 449. The van der Waals surface area contributed by atoms with Crippen molar-refractivity contribution in [3.63, 3.8) is 0 Å². The second-order valence-corrected chi connectivity index (χ2v) is 7.66. The molecular formula is C17H30ClN3O2. The molecule has 2 atom stereocenters. The van der Waals surface area contributed by atoms with Crippen LogP contribution in [0.2, 0.25) is 0 Å². The van der Waals surface area contributed by atoms with Crippen molar-refractivity contribution < 1.29 is 9.59 Å². The number of nitrogens with zero attached hydrogens (tertiary/aromatic N) is 1. The summed E-state index contributed by atoms with van der Waals surface area (Å²) in [5.74, 6) is 0.688. The molecule has 2 N–H and O–H groups in total. The summed E-state index contributed by atoms with van der Waals surface area (Å²) in [6.45, 7) is 7.48. The SMILES string of the molecule is CC(C)C(=O)NC1CCCN(C(=O)C2CC23CCNCC3)C1.Cl. The molecule has 1 saturated carbocycles. The number of carbonyl (C=O) groups is 2. The van der Waals surface area contributed by atoms with Crippen LogP contribution in [-0.4, -0.2) is 48.9 Å². The Balaban J connectivity index is 0.00000192. The molecule has 132 valence electrons. The van der Waals surface area contributed by atoms with Crippen molar-refractivity contribution in [2.45, 2.75) is 52.0 Å². The van der Waals surface area contributed by atoms with E-state index < -0.39 is 0 Å². The largest absolute Gasteiger partial charge is 0.351 e. The number of hydrogen-bond donors (Lipinski definition) is 2. The molecule has 5 nitrogen and oxygen atoms in total. The first-order chi connectivity index (χ1) is 10.5. The molecule has 2 aliphatic heterocycles. The van der Waals surface area contributed by atoms with E-state index in [9.17, 15) is 9.59 Å². The first kappa shape index (κ1) is 18.5. The van der Waals surface area contributed by atoms with Gasteiger partial charge in [0.05, 0.1) is 0 Å². The van der Waals surface area contributed by atoms with E-state index >= 15 is 0 Å². The Kier molecular flexibility index (Phi) is 5.95. The van der Waals surface area contributed by atoms with Crippen LogP contribution < -0.4 is 10.6 Å². The van der Waals surface area contributed by atoms with Crippen molar-refractivity contribution in [3.8, 4) is 0 Å². The van der Waals surface area contributed by atoms with Gasteiger partial charge in [0.1, 0.15) is 0 Å². The van der Waals surface area contributed by atoms with Crippen molar-refractivity contribution in [1.82, 2.24) is 15.5 Å². The Morgan fingerprint density at radius 3 is 2.61 bits per heavy atom. The lowest BCUT2D eigenvalue weighted by molar-refractivity contribution is -0.136. The number of hydrogen-bond acceptors (Lipinski definition) is 3. The summed E-state index contributed by atoms with van der Waals surface area (Å²) in [4.78, 5) is 26.7. The van der Waals surface area contributed by atoms with Gasteiger partial charge < -0.3 is 15.5 Å². The minimum Gasteiger partial charge on any atom is -0.351 e. The van der Waals surface area contributed by atoms with Gasteiger partial charge >= 0.3 is 0 Å². The Morgan fingerprint density at radius 2 is 1.96 bits per heavy atom. The molecule has 1 aliphatic carbocycles. The van der Waals surface area contributed by atoms with Gasteiger partial charge in [0.25, 0.3) is 0 Å². The number of rotatable bonds is 3. The molecular weight excluding hydrogens is 314 g/mol. The fourth-order valence-corrected chi connectivity index (χ4v) is 4.06. The molecule has 0 aromatic heterocycles. The third-order valence-electron chi connectivity index (χ3n) is 5.69. The van der Waals surface area contributed by atoms with E-state index in [0.29, 0.717) is 17.9 Å². The molecule has 0 radical (unpaired) electrons. The van der Waals surface area contributed by atoms with Gasteiger partial charge in [0.15, 0.2) is 0 Å². The normalized spacial score (nSPS) is 29.1. The van der Waals surface area contributed by atoms with E-state index in [4.69, 9.17) is 0 Å². The Labute approximate surface area is 145 Å². The maximum atomic E-state index is 12.8. The second-order valence-electron chi connectivity index (χ2n) is 7.66. The number of amides is 2. The average Bonchev–Trinajstić information content (AvgIpc) is 3.20. The van der Waals surface area contributed by atoms with Crippen LogP contribution in [0, 0.1) is 17.3 Å². The Morgan fingerprint density at radius 1 is 1.26 bits per heavy atom. The molecule has 0 bridgehead atoms. The number of nitrogens with one attached hydrogen (secondary N) is 2. The first-order valence-electron chi connectivity index (χ1n) is 8.82. The summed E-state index contributed by atoms with van der Waals surface area (Å²) >= 11 is 0. The zero-order chi connectivity index (χ0) is 15.7. The lowest BCUT2D eigenvalue weighted by Gasteiger charge is -2.34. The van der Waals surface area contributed by atoms with Crippen LogP contribution in [0.15, 0.2) is 0 Å². The van der Waals surface area contributed by atoms with Crippen molar-refractivity contribution in [3.05, 3.63) is 0 Å². The van der Waals surface area contributed by atoms with E-state index in [1.165, 1.54) is 0 Å². The summed E-state index contributed by atoms with van der Waals surface area (Å²) in [5, 5.41) is 6.48. The monoisotopic (exact) mass is 343 g/mol. The minimum atomic E-state index is 0. The van der Waals surface area contributed by atoms with Crippen molar-refractivity contribution in [2.75, 3.05) is 26.2 Å². The lowest BCUT2D eigenvalue weighted by Crippen LogP contribution is -2.51. The maximum absolute atomic E-state index is 12.8.